The van der Waals surface area contributed by atoms with E-state index in [1.807, 2.05) is 72.8 Å². The number of hydrogen-bond donors (Lipinski definition) is 0. The zero-order chi connectivity index (χ0) is 19.9. The van der Waals surface area contributed by atoms with Crippen LogP contribution in [0.5, 0.6) is 0 Å². The van der Waals surface area contributed by atoms with Crippen molar-refractivity contribution >= 4 is 5.78 Å². The molecule has 4 aromatic carbocycles. The second-order valence-corrected chi connectivity index (χ2v) is 7.26. The molecule has 0 fully saturated rings. The fourth-order valence-electron chi connectivity index (χ4n) is 4.14. The third-order valence-corrected chi connectivity index (χ3v) is 5.52. The second kappa shape index (κ2) is 8.70. The highest BCUT2D eigenvalue weighted by molar-refractivity contribution is 5.97. The van der Waals surface area contributed by atoms with Crippen LogP contribution in [0.15, 0.2) is 121 Å². The van der Waals surface area contributed by atoms with E-state index >= 15 is 0 Å². The number of Topliss-reactive ketones (excluding diaryl/α,β-unsaturated/α-hetero) is 1. The zero-order valence-corrected chi connectivity index (χ0v) is 16.4. The van der Waals surface area contributed by atoms with Crippen molar-refractivity contribution < 1.29 is 4.79 Å². The van der Waals surface area contributed by atoms with E-state index in [1.165, 1.54) is 5.56 Å². The maximum atomic E-state index is 14.0. The van der Waals surface area contributed by atoms with Crippen LogP contribution in [0.3, 0.4) is 0 Å². The van der Waals surface area contributed by atoms with Gasteiger partial charge < -0.3 is 0 Å². The van der Waals surface area contributed by atoms with Crippen LogP contribution in [0.1, 0.15) is 28.7 Å². The Morgan fingerprint density at radius 3 is 1.24 bits per heavy atom. The van der Waals surface area contributed by atoms with E-state index in [1.54, 1.807) is 0 Å². The maximum absolute atomic E-state index is 14.0. The number of rotatable bonds is 7. The minimum Gasteiger partial charge on any atom is -0.298 e. The summed E-state index contributed by atoms with van der Waals surface area (Å²) in [5.41, 5.74) is 3.39. The molecule has 0 unspecified atom stereocenters. The van der Waals surface area contributed by atoms with E-state index in [0.717, 1.165) is 23.1 Å². The van der Waals surface area contributed by atoms with E-state index in [2.05, 4.69) is 48.5 Å². The molecule has 0 aliphatic carbocycles. The lowest BCUT2D eigenvalue weighted by Gasteiger charge is -2.34. The van der Waals surface area contributed by atoms with E-state index in [0.29, 0.717) is 6.42 Å². The molecule has 1 heteroatoms. The van der Waals surface area contributed by atoms with Crippen LogP contribution in [0, 0.1) is 0 Å². The first-order chi connectivity index (χ1) is 14.3. The predicted molar refractivity (Wildman–Crippen MR) is 119 cm³/mol. The molecule has 0 aliphatic heterocycles. The molecule has 0 saturated heterocycles. The summed E-state index contributed by atoms with van der Waals surface area (Å²) >= 11 is 0. The van der Waals surface area contributed by atoms with E-state index in [4.69, 9.17) is 0 Å². The quantitative estimate of drug-likeness (QED) is 0.350. The fraction of sp³-hybridized carbons (Fsp3) is 0.107. The Bertz CT molecular complexity index is 942. The van der Waals surface area contributed by atoms with Gasteiger partial charge in [-0.05, 0) is 28.7 Å². The summed E-state index contributed by atoms with van der Waals surface area (Å²) in [7, 11) is 0. The van der Waals surface area contributed by atoms with Gasteiger partial charge in [0.1, 0.15) is 5.41 Å². The summed E-state index contributed by atoms with van der Waals surface area (Å²) in [5.74, 6) is 0.213. The first-order valence-electron chi connectivity index (χ1n) is 10.1. The summed E-state index contributed by atoms with van der Waals surface area (Å²) in [5, 5.41) is 0. The molecule has 0 atom stereocenters. The summed E-state index contributed by atoms with van der Waals surface area (Å²) < 4.78 is 0. The van der Waals surface area contributed by atoms with Crippen LogP contribution in [0.4, 0.5) is 0 Å². The summed E-state index contributed by atoms with van der Waals surface area (Å²) in [4.78, 5) is 14.0. The molecule has 29 heavy (non-hydrogen) atoms. The third-order valence-electron chi connectivity index (χ3n) is 5.52. The van der Waals surface area contributed by atoms with Gasteiger partial charge in [0.25, 0.3) is 0 Å². The minimum atomic E-state index is -0.821. The van der Waals surface area contributed by atoms with Crippen molar-refractivity contribution in [3.63, 3.8) is 0 Å². The minimum absolute atomic E-state index is 0.213. The van der Waals surface area contributed by atoms with Crippen molar-refractivity contribution in [2.24, 2.45) is 0 Å². The topological polar surface area (TPSA) is 17.1 Å². The maximum Gasteiger partial charge on any atom is 0.152 e. The van der Waals surface area contributed by atoms with Gasteiger partial charge in [-0.2, -0.15) is 0 Å². The molecular formula is C28H24O. The van der Waals surface area contributed by atoms with Gasteiger partial charge in [-0.3, -0.25) is 4.79 Å². The molecule has 0 bridgehead atoms. The van der Waals surface area contributed by atoms with Gasteiger partial charge in [0, 0.05) is 6.42 Å². The SMILES string of the molecule is O=C(CCc1ccccc1)C(c1ccccc1)(c1ccccc1)c1ccccc1. The van der Waals surface area contributed by atoms with Gasteiger partial charge in [-0.15, -0.1) is 0 Å². The average molecular weight is 376 g/mol. The number of ketones is 1. The van der Waals surface area contributed by atoms with Gasteiger partial charge in [0.15, 0.2) is 5.78 Å². The van der Waals surface area contributed by atoms with Crippen LogP contribution in [0.25, 0.3) is 0 Å². The number of aryl methyl sites for hydroxylation is 1. The van der Waals surface area contributed by atoms with Crippen LogP contribution in [0.2, 0.25) is 0 Å². The summed E-state index contributed by atoms with van der Waals surface area (Å²) in [6.07, 6.45) is 1.20. The van der Waals surface area contributed by atoms with E-state index < -0.39 is 5.41 Å². The molecule has 142 valence electrons. The summed E-state index contributed by atoms with van der Waals surface area (Å²) in [6.45, 7) is 0. The molecule has 1 nitrogen and oxygen atoms in total. The van der Waals surface area contributed by atoms with Gasteiger partial charge in [-0.1, -0.05) is 121 Å². The third kappa shape index (κ3) is 3.77. The molecule has 0 aliphatic rings. The highest BCUT2D eigenvalue weighted by atomic mass is 16.1. The Labute approximate surface area is 172 Å². The standard InChI is InChI=1S/C28H24O/c29-27(22-21-23-13-5-1-6-14-23)28(24-15-7-2-8-16-24,25-17-9-3-10-18-25)26-19-11-4-12-20-26/h1-20H,21-22H2. The van der Waals surface area contributed by atoms with Gasteiger partial charge in [0.05, 0.1) is 0 Å². The molecule has 0 radical (unpaired) electrons. The lowest BCUT2D eigenvalue weighted by Crippen LogP contribution is -2.38. The Hall–Kier alpha value is -3.45. The first kappa shape index (κ1) is 18.9. The Morgan fingerprint density at radius 1 is 0.517 bits per heavy atom. The molecule has 0 heterocycles. The Balaban J connectivity index is 1.87. The largest absolute Gasteiger partial charge is 0.298 e. The van der Waals surface area contributed by atoms with Gasteiger partial charge in [-0.25, -0.2) is 0 Å². The fourth-order valence-corrected chi connectivity index (χ4v) is 4.14. The van der Waals surface area contributed by atoms with Crippen LogP contribution >= 0.6 is 0 Å². The van der Waals surface area contributed by atoms with Crippen LogP contribution in [-0.2, 0) is 16.6 Å². The van der Waals surface area contributed by atoms with E-state index in [9.17, 15) is 4.79 Å². The van der Waals surface area contributed by atoms with Crippen molar-refractivity contribution in [1.82, 2.24) is 0 Å². The number of carbonyl (C=O) groups excluding carboxylic acids is 1. The van der Waals surface area contributed by atoms with Crippen molar-refractivity contribution in [1.29, 1.82) is 0 Å². The Morgan fingerprint density at radius 2 is 0.862 bits per heavy atom. The van der Waals surface area contributed by atoms with Crippen molar-refractivity contribution in [3.05, 3.63) is 144 Å². The molecule has 0 saturated carbocycles. The van der Waals surface area contributed by atoms with Crippen molar-refractivity contribution in [2.75, 3.05) is 0 Å². The zero-order valence-electron chi connectivity index (χ0n) is 16.4. The monoisotopic (exact) mass is 376 g/mol. The molecule has 0 N–H and O–H groups in total. The molecule has 0 aromatic heterocycles. The first-order valence-corrected chi connectivity index (χ1v) is 10.1. The second-order valence-electron chi connectivity index (χ2n) is 7.26. The number of benzene rings is 4. The van der Waals surface area contributed by atoms with Gasteiger partial charge in [0.2, 0.25) is 0 Å². The normalized spacial score (nSPS) is 11.2. The van der Waals surface area contributed by atoms with Crippen molar-refractivity contribution in [3.8, 4) is 0 Å². The summed E-state index contributed by atoms with van der Waals surface area (Å²) in [6, 6.07) is 40.7. The highest BCUT2D eigenvalue weighted by Gasteiger charge is 2.42. The Kier molecular flexibility index (Phi) is 5.67. The molecule has 4 aromatic rings. The molecular weight excluding hydrogens is 352 g/mol. The van der Waals surface area contributed by atoms with E-state index in [-0.39, 0.29) is 5.78 Å². The number of carbonyl (C=O) groups is 1. The lowest BCUT2D eigenvalue weighted by molar-refractivity contribution is -0.122. The smallest absolute Gasteiger partial charge is 0.152 e. The van der Waals surface area contributed by atoms with Crippen LogP contribution in [-0.4, -0.2) is 5.78 Å². The number of hydrogen-bond acceptors (Lipinski definition) is 1. The average Bonchev–Trinajstić information content (AvgIpc) is 2.81. The van der Waals surface area contributed by atoms with Crippen LogP contribution < -0.4 is 0 Å². The lowest BCUT2D eigenvalue weighted by atomic mass is 9.65. The highest BCUT2D eigenvalue weighted by Crippen LogP contribution is 2.41. The predicted octanol–water partition coefficient (Wildman–Crippen LogP) is 6.22. The van der Waals surface area contributed by atoms with Crippen molar-refractivity contribution in [2.45, 2.75) is 18.3 Å². The molecule has 0 amide bonds. The van der Waals surface area contributed by atoms with Gasteiger partial charge >= 0.3 is 0 Å². The molecule has 0 spiro atoms. The molecule has 4 rings (SSSR count).